The van der Waals surface area contributed by atoms with E-state index in [4.69, 9.17) is 0 Å². The third kappa shape index (κ3) is 3.68. The van der Waals surface area contributed by atoms with Gasteiger partial charge in [0.25, 0.3) is 10.0 Å². The lowest BCUT2D eigenvalue weighted by atomic mass is 10.1. The van der Waals surface area contributed by atoms with Crippen molar-refractivity contribution >= 4 is 21.7 Å². The average Bonchev–Trinajstić information content (AvgIpc) is 2.99. The Bertz CT molecular complexity index is 1120. The first-order valence-corrected chi connectivity index (χ1v) is 9.32. The molecule has 0 aliphatic heterocycles. The van der Waals surface area contributed by atoms with Crippen molar-refractivity contribution in [3.8, 4) is 11.3 Å². The molecule has 1 heterocycles. The van der Waals surface area contributed by atoms with E-state index >= 15 is 0 Å². The van der Waals surface area contributed by atoms with Crippen LogP contribution in [0.1, 0.15) is 15.9 Å². The second-order valence-electron chi connectivity index (χ2n) is 5.92. The lowest BCUT2D eigenvalue weighted by molar-refractivity contribution is 0.0697. The van der Waals surface area contributed by atoms with E-state index in [0.29, 0.717) is 5.56 Å². The molecule has 9 heteroatoms. The molecule has 3 rings (SSSR count). The van der Waals surface area contributed by atoms with Crippen molar-refractivity contribution in [2.24, 2.45) is 7.05 Å². The molecule has 0 amide bonds. The number of sulfonamides is 1. The standard InChI is InChI=1S/C18H16FN3O4S/c1-11-15(19)4-3-5-16(11)27(25,26)21-13-8-6-12(7-9-13)17-14(18(23)24)10-22(2)20-17/h3-10,21H,1-2H3,(H,23,24). The molecule has 0 aliphatic rings. The van der Waals surface area contributed by atoms with Gasteiger partial charge in [-0.25, -0.2) is 17.6 Å². The number of anilines is 1. The Morgan fingerprint density at radius 2 is 1.85 bits per heavy atom. The number of hydrogen-bond donors (Lipinski definition) is 2. The summed E-state index contributed by atoms with van der Waals surface area (Å²) < 4.78 is 42.4. The lowest BCUT2D eigenvalue weighted by Gasteiger charge is -2.11. The molecule has 1 aromatic heterocycles. The summed E-state index contributed by atoms with van der Waals surface area (Å²) in [4.78, 5) is 11.2. The number of hydrogen-bond acceptors (Lipinski definition) is 4. The summed E-state index contributed by atoms with van der Waals surface area (Å²) in [5, 5.41) is 13.4. The molecule has 0 unspecified atom stereocenters. The van der Waals surface area contributed by atoms with Gasteiger partial charge in [-0.15, -0.1) is 0 Å². The summed E-state index contributed by atoms with van der Waals surface area (Å²) >= 11 is 0. The number of aryl methyl sites for hydroxylation is 1. The molecule has 0 atom stereocenters. The van der Waals surface area contributed by atoms with Crippen LogP contribution in [0, 0.1) is 12.7 Å². The van der Waals surface area contributed by atoms with E-state index in [9.17, 15) is 22.7 Å². The highest BCUT2D eigenvalue weighted by Gasteiger charge is 2.20. The normalized spacial score (nSPS) is 11.4. The summed E-state index contributed by atoms with van der Waals surface area (Å²) in [6.45, 7) is 1.39. The number of carboxylic acid groups (broad SMARTS) is 1. The molecule has 0 saturated heterocycles. The van der Waals surface area contributed by atoms with Crippen LogP contribution in [0.15, 0.2) is 53.6 Å². The van der Waals surface area contributed by atoms with Gasteiger partial charge in [0.05, 0.1) is 4.90 Å². The number of halogens is 1. The van der Waals surface area contributed by atoms with Gasteiger partial charge in [0, 0.05) is 30.1 Å². The summed E-state index contributed by atoms with van der Waals surface area (Å²) in [6.07, 6.45) is 1.39. The quantitative estimate of drug-likeness (QED) is 0.698. The van der Waals surface area contributed by atoms with E-state index < -0.39 is 21.8 Å². The van der Waals surface area contributed by atoms with E-state index in [1.165, 1.54) is 48.1 Å². The van der Waals surface area contributed by atoms with Crippen molar-refractivity contribution < 1.29 is 22.7 Å². The predicted octanol–water partition coefficient (Wildman–Crippen LogP) is 3.03. The fourth-order valence-electron chi connectivity index (χ4n) is 2.64. The van der Waals surface area contributed by atoms with Gasteiger partial charge in [-0.1, -0.05) is 18.2 Å². The first-order chi connectivity index (χ1) is 12.7. The van der Waals surface area contributed by atoms with Gasteiger partial charge in [0.2, 0.25) is 0 Å². The fourth-order valence-corrected chi connectivity index (χ4v) is 3.96. The molecular weight excluding hydrogens is 373 g/mol. The minimum absolute atomic E-state index is 0.0289. The molecule has 3 aromatic rings. The smallest absolute Gasteiger partial charge is 0.339 e. The van der Waals surface area contributed by atoms with Crippen molar-refractivity contribution in [3.63, 3.8) is 0 Å². The molecule has 0 spiro atoms. The summed E-state index contributed by atoms with van der Waals surface area (Å²) in [5.74, 6) is -1.71. The maximum atomic E-state index is 13.6. The highest BCUT2D eigenvalue weighted by molar-refractivity contribution is 7.92. The molecule has 2 N–H and O–H groups in total. The number of aromatic carboxylic acids is 1. The van der Waals surface area contributed by atoms with E-state index in [0.717, 1.165) is 0 Å². The zero-order valence-electron chi connectivity index (χ0n) is 14.5. The van der Waals surface area contributed by atoms with Crippen LogP contribution in [-0.2, 0) is 17.1 Å². The highest BCUT2D eigenvalue weighted by Crippen LogP contribution is 2.26. The minimum Gasteiger partial charge on any atom is -0.478 e. The Balaban J connectivity index is 1.90. The summed E-state index contributed by atoms with van der Waals surface area (Å²) in [7, 11) is -2.35. The van der Waals surface area contributed by atoms with Gasteiger partial charge in [0.15, 0.2) is 0 Å². The summed E-state index contributed by atoms with van der Waals surface area (Å²) in [5.41, 5.74) is 1.14. The molecule has 0 bridgehead atoms. The van der Waals surface area contributed by atoms with Crippen LogP contribution in [0.5, 0.6) is 0 Å². The van der Waals surface area contributed by atoms with Gasteiger partial charge in [-0.05, 0) is 31.2 Å². The number of aromatic nitrogens is 2. The molecule has 0 saturated carbocycles. The molecule has 0 radical (unpaired) electrons. The van der Waals surface area contributed by atoms with Crippen LogP contribution in [0.4, 0.5) is 10.1 Å². The van der Waals surface area contributed by atoms with E-state index in [1.807, 2.05) is 0 Å². The Kier molecular flexibility index (Phi) is 4.71. The van der Waals surface area contributed by atoms with E-state index in [-0.39, 0.29) is 27.4 Å². The fraction of sp³-hybridized carbons (Fsp3) is 0.111. The maximum absolute atomic E-state index is 13.6. The number of rotatable bonds is 5. The van der Waals surface area contributed by atoms with Crippen molar-refractivity contribution in [2.75, 3.05) is 4.72 Å². The molecular formula is C18H16FN3O4S. The van der Waals surface area contributed by atoms with Crippen molar-refractivity contribution in [2.45, 2.75) is 11.8 Å². The second-order valence-corrected chi connectivity index (χ2v) is 7.57. The van der Waals surface area contributed by atoms with Crippen LogP contribution in [-0.4, -0.2) is 29.3 Å². The lowest BCUT2D eigenvalue weighted by Crippen LogP contribution is -2.14. The van der Waals surface area contributed by atoms with Gasteiger partial charge < -0.3 is 5.11 Å². The van der Waals surface area contributed by atoms with Gasteiger partial charge >= 0.3 is 5.97 Å². The number of carboxylic acids is 1. The number of nitrogens with zero attached hydrogens (tertiary/aromatic N) is 2. The average molecular weight is 389 g/mol. The van der Waals surface area contributed by atoms with Gasteiger partial charge in [-0.3, -0.25) is 9.40 Å². The van der Waals surface area contributed by atoms with Gasteiger partial charge in [-0.2, -0.15) is 5.10 Å². The van der Waals surface area contributed by atoms with Crippen LogP contribution in [0.2, 0.25) is 0 Å². The molecule has 2 aromatic carbocycles. The van der Waals surface area contributed by atoms with Crippen molar-refractivity contribution in [3.05, 3.63) is 65.6 Å². The number of nitrogens with one attached hydrogen (secondary N) is 1. The Labute approximate surface area is 155 Å². The highest BCUT2D eigenvalue weighted by atomic mass is 32.2. The Morgan fingerprint density at radius 1 is 1.19 bits per heavy atom. The summed E-state index contributed by atoms with van der Waals surface area (Å²) in [6, 6.07) is 9.94. The van der Waals surface area contributed by atoms with Crippen LogP contribution < -0.4 is 4.72 Å². The van der Waals surface area contributed by atoms with Crippen molar-refractivity contribution in [1.82, 2.24) is 9.78 Å². The number of benzene rings is 2. The zero-order chi connectivity index (χ0) is 19.8. The third-order valence-corrected chi connectivity index (χ3v) is 5.50. The topological polar surface area (TPSA) is 101 Å². The Morgan fingerprint density at radius 3 is 2.48 bits per heavy atom. The molecule has 7 nitrogen and oxygen atoms in total. The SMILES string of the molecule is Cc1c(F)cccc1S(=O)(=O)Nc1ccc(-c2nn(C)cc2C(=O)O)cc1. The van der Waals surface area contributed by atoms with Crippen LogP contribution in [0.25, 0.3) is 11.3 Å². The van der Waals surface area contributed by atoms with Gasteiger partial charge in [0.1, 0.15) is 17.1 Å². The van der Waals surface area contributed by atoms with E-state index in [2.05, 4.69) is 9.82 Å². The predicted molar refractivity (Wildman–Crippen MR) is 97.5 cm³/mol. The van der Waals surface area contributed by atoms with Crippen LogP contribution >= 0.6 is 0 Å². The van der Waals surface area contributed by atoms with Crippen molar-refractivity contribution in [1.29, 1.82) is 0 Å². The molecule has 0 fully saturated rings. The molecule has 27 heavy (non-hydrogen) atoms. The maximum Gasteiger partial charge on any atom is 0.339 e. The Hall–Kier alpha value is -3.20. The molecule has 0 aliphatic carbocycles. The first kappa shape index (κ1) is 18.6. The first-order valence-electron chi connectivity index (χ1n) is 7.84. The largest absolute Gasteiger partial charge is 0.478 e. The third-order valence-electron chi connectivity index (χ3n) is 3.98. The number of carbonyl (C=O) groups is 1. The van der Waals surface area contributed by atoms with Crippen LogP contribution in [0.3, 0.4) is 0 Å². The zero-order valence-corrected chi connectivity index (χ0v) is 15.3. The van der Waals surface area contributed by atoms with E-state index in [1.54, 1.807) is 19.2 Å². The molecule has 140 valence electrons. The second kappa shape index (κ2) is 6.84. The monoisotopic (exact) mass is 389 g/mol. The minimum atomic E-state index is -3.97.